The molecule has 0 radical (unpaired) electrons. The minimum atomic E-state index is -0.689. The molecule has 1 aliphatic heterocycles. The summed E-state index contributed by atoms with van der Waals surface area (Å²) in [6.45, 7) is 2.85. The monoisotopic (exact) mass is 343 g/mol. The van der Waals surface area contributed by atoms with Crippen LogP contribution >= 0.6 is 0 Å². The molecule has 1 aliphatic rings. The highest BCUT2D eigenvalue weighted by Gasteiger charge is 2.47. The van der Waals surface area contributed by atoms with E-state index in [1.807, 2.05) is 0 Å². The molecule has 0 amide bonds. The Kier molecular flexibility index (Phi) is 6.69. The normalized spacial score (nSPS) is 26.8. The second-order valence-corrected chi connectivity index (χ2v) is 5.55. The van der Waals surface area contributed by atoms with Crippen molar-refractivity contribution in [1.82, 2.24) is 9.55 Å². The third-order valence-electron chi connectivity index (χ3n) is 3.93. The van der Waals surface area contributed by atoms with E-state index in [2.05, 4.69) is 4.98 Å². The summed E-state index contributed by atoms with van der Waals surface area (Å²) in [4.78, 5) is 16.1. The second kappa shape index (κ2) is 8.54. The van der Waals surface area contributed by atoms with Gasteiger partial charge < -0.3 is 29.4 Å². The van der Waals surface area contributed by atoms with Crippen LogP contribution in [0.3, 0.4) is 0 Å². The molecule has 2 rings (SSSR count). The SMILES string of the molecule is COCCOC1C(OC)C(COC)OC1n1cc(C)c(N)nc1=O. The minimum Gasteiger partial charge on any atom is -0.383 e. The number of nitrogens with two attached hydrogens (primary N) is 1. The van der Waals surface area contributed by atoms with E-state index in [1.54, 1.807) is 34.4 Å². The molecule has 0 saturated carbocycles. The molecule has 9 nitrogen and oxygen atoms in total. The molecule has 4 atom stereocenters. The van der Waals surface area contributed by atoms with Gasteiger partial charge in [-0.2, -0.15) is 4.98 Å². The van der Waals surface area contributed by atoms with E-state index >= 15 is 0 Å². The molecule has 136 valence electrons. The molecular weight excluding hydrogens is 318 g/mol. The molecule has 24 heavy (non-hydrogen) atoms. The molecular formula is C15H25N3O6. The summed E-state index contributed by atoms with van der Waals surface area (Å²) in [6, 6.07) is 0. The van der Waals surface area contributed by atoms with E-state index in [0.717, 1.165) is 0 Å². The third kappa shape index (κ3) is 3.93. The Hall–Kier alpha value is -1.52. The van der Waals surface area contributed by atoms with Crippen molar-refractivity contribution in [3.63, 3.8) is 0 Å². The van der Waals surface area contributed by atoms with Gasteiger partial charge in [0, 0.05) is 33.1 Å². The van der Waals surface area contributed by atoms with Crippen molar-refractivity contribution in [3.05, 3.63) is 22.2 Å². The van der Waals surface area contributed by atoms with Crippen LogP contribution in [0.4, 0.5) is 5.82 Å². The first-order valence-corrected chi connectivity index (χ1v) is 7.66. The summed E-state index contributed by atoms with van der Waals surface area (Å²) in [5, 5.41) is 0. The van der Waals surface area contributed by atoms with Crippen LogP contribution in [0.2, 0.25) is 0 Å². The van der Waals surface area contributed by atoms with E-state index in [-0.39, 0.29) is 11.9 Å². The van der Waals surface area contributed by atoms with E-state index in [1.165, 1.54) is 4.57 Å². The molecule has 2 heterocycles. The summed E-state index contributed by atoms with van der Waals surface area (Å²) in [6.07, 6.45) is -0.345. The number of hydrogen-bond donors (Lipinski definition) is 1. The summed E-state index contributed by atoms with van der Waals surface area (Å²) in [7, 11) is 4.73. The van der Waals surface area contributed by atoms with Crippen LogP contribution in [-0.2, 0) is 23.7 Å². The van der Waals surface area contributed by atoms with Crippen LogP contribution in [0.15, 0.2) is 11.0 Å². The predicted molar refractivity (Wildman–Crippen MR) is 85.8 cm³/mol. The molecule has 9 heteroatoms. The van der Waals surface area contributed by atoms with Gasteiger partial charge >= 0.3 is 5.69 Å². The Morgan fingerprint density at radius 1 is 1.25 bits per heavy atom. The molecule has 0 bridgehead atoms. The first-order chi connectivity index (χ1) is 11.5. The number of ether oxygens (including phenoxy) is 5. The fourth-order valence-corrected chi connectivity index (χ4v) is 2.72. The fourth-order valence-electron chi connectivity index (χ4n) is 2.72. The van der Waals surface area contributed by atoms with Crippen LogP contribution < -0.4 is 11.4 Å². The van der Waals surface area contributed by atoms with Crippen LogP contribution in [0.1, 0.15) is 11.8 Å². The number of anilines is 1. The van der Waals surface area contributed by atoms with E-state index in [0.29, 0.717) is 25.4 Å². The van der Waals surface area contributed by atoms with Crippen molar-refractivity contribution in [2.75, 3.05) is 46.9 Å². The molecule has 1 fully saturated rings. The van der Waals surface area contributed by atoms with Gasteiger partial charge in [0.2, 0.25) is 0 Å². The lowest BCUT2D eigenvalue weighted by Crippen LogP contribution is -2.40. The van der Waals surface area contributed by atoms with Crippen LogP contribution in [0.5, 0.6) is 0 Å². The summed E-state index contributed by atoms with van der Waals surface area (Å²) < 4.78 is 29.0. The maximum Gasteiger partial charge on any atom is 0.351 e. The van der Waals surface area contributed by atoms with Crippen molar-refractivity contribution in [2.45, 2.75) is 31.5 Å². The van der Waals surface area contributed by atoms with Gasteiger partial charge in [-0.1, -0.05) is 0 Å². The van der Waals surface area contributed by atoms with Crippen molar-refractivity contribution < 1.29 is 23.7 Å². The van der Waals surface area contributed by atoms with Gasteiger partial charge in [0.15, 0.2) is 6.23 Å². The van der Waals surface area contributed by atoms with Crippen molar-refractivity contribution in [2.24, 2.45) is 0 Å². The van der Waals surface area contributed by atoms with Gasteiger partial charge in [-0.05, 0) is 6.92 Å². The molecule has 0 aromatic carbocycles. The zero-order chi connectivity index (χ0) is 17.7. The van der Waals surface area contributed by atoms with Crippen LogP contribution in [-0.4, -0.2) is 69.0 Å². The topological polar surface area (TPSA) is 107 Å². The first-order valence-electron chi connectivity index (χ1n) is 7.66. The third-order valence-corrected chi connectivity index (χ3v) is 3.93. The van der Waals surface area contributed by atoms with Gasteiger partial charge in [0.05, 0.1) is 19.8 Å². The standard InChI is InChI=1S/C15H25N3O6/c1-9-7-18(15(19)17-13(9)16)14-12(23-6-5-20-2)11(22-4)10(24-14)8-21-3/h7,10-12,14H,5-6,8H2,1-4H3,(H2,16,17,19). The highest BCUT2D eigenvalue weighted by molar-refractivity contribution is 5.35. The summed E-state index contributed by atoms with van der Waals surface area (Å²) in [5.41, 5.74) is 5.87. The number of aryl methyl sites for hydroxylation is 1. The van der Waals surface area contributed by atoms with Crippen molar-refractivity contribution >= 4 is 5.82 Å². The van der Waals surface area contributed by atoms with Gasteiger partial charge in [0.25, 0.3) is 0 Å². The molecule has 4 unspecified atom stereocenters. The first kappa shape index (κ1) is 18.8. The minimum absolute atomic E-state index is 0.197. The van der Waals surface area contributed by atoms with Gasteiger partial charge in [-0.25, -0.2) is 4.79 Å². The van der Waals surface area contributed by atoms with Gasteiger partial charge in [-0.15, -0.1) is 0 Å². The molecule has 0 aliphatic carbocycles. The number of rotatable bonds is 8. The Bertz CT molecular complexity index is 593. The Labute approximate surface area is 140 Å². The number of aromatic nitrogens is 2. The van der Waals surface area contributed by atoms with Crippen molar-refractivity contribution in [3.8, 4) is 0 Å². The zero-order valence-electron chi connectivity index (χ0n) is 14.4. The average Bonchev–Trinajstić information content (AvgIpc) is 2.89. The number of methoxy groups -OCH3 is 3. The Morgan fingerprint density at radius 3 is 2.62 bits per heavy atom. The average molecular weight is 343 g/mol. The fraction of sp³-hybridized carbons (Fsp3) is 0.733. The molecule has 2 N–H and O–H groups in total. The van der Waals surface area contributed by atoms with Crippen LogP contribution in [0, 0.1) is 6.92 Å². The highest BCUT2D eigenvalue weighted by atomic mass is 16.6. The van der Waals surface area contributed by atoms with Crippen LogP contribution in [0.25, 0.3) is 0 Å². The van der Waals surface area contributed by atoms with E-state index < -0.39 is 24.1 Å². The maximum absolute atomic E-state index is 12.3. The summed E-state index contributed by atoms with van der Waals surface area (Å²) in [5.74, 6) is 0.197. The van der Waals surface area contributed by atoms with Crippen molar-refractivity contribution in [1.29, 1.82) is 0 Å². The number of hydrogen-bond acceptors (Lipinski definition) is 8. The van der Waals surface area contributed by atoms with Gasteiger partial charge in [0.1, 0.15) is 24.1 Å². The van der Waals surface area contributed by atoms with E-state index in [4.69, 9.17) is 29.4 Å². The molecule has 0 spiro atoms. The lowest BCUT2D eigenvalue weighted by Gasteiger charge is -2.24. The largest absolute Gasteiger partial charge is 0.383 e. The molecule has 1 saturated heterocycles. The predicted octanol–water partition coefficient (Wildman–Crippen LogP) is -0.276. The smallest absolute Gasteiger partial charge is 0.351 e. The Balaban J connectivity index is 2.33. The highest BCUT2D eigenvalue weighted by Crippen LogP contribution is 2.33. The lowest BCUT2D eigenvalue weighted by atomic mass is 10.1. The lowest BCUT2D eigenvalue weighted by molar-refractivity contribution is -0.0851. The number of nitrogens with zero attached hydrogens (tertiary/aromatic N) is 2. The second-order valence-electron chi connectivity index (χ2n) is 5.55. The maximum atomic E-state index is 12.3. The van der Waals surface area contributed by atoms with Gasteiger partial charge in [-0.3, -0.25) is 4.57 Å². The molecule has 1 aromatic rings. The quantitative estimate of drug-likeness (QED) is 0.643. The molecule has 1 aromatic heterocycles. The summed E-state index contributed by atoms with van der Waals surface area (Å²) >= 11 is 0. The zero-order valence-corrected chi connectivity index (χ0v) is 14.4. The Morgan fingerprint density at radius 2 is 2.00 bits per heavy atom. The number of nitrogen functional groups attached to an aromatic ring is 1. The van der Waals surface area contributed by atoms with E-state index in [9.17, 15) is 4.79 Å².